The lowest BCUT2D eigenvalue weighted by atomic mass is 10.0. The van der Waals surface area contributed by atoms with E-state index in [1.54, 1.807) is 6.07 Å². The number of nitrogens with one attached hydrogen (secondary N) is 1. The number of hydrogen-bond donors (Lipinski definition) is 1. The highest BCUT2D eigenvalue weighted by molar-refractivity contribution is 7.15. The second-order valence-electron chi connectivity index (χ2n) is 5.49. The molecule has 0 fully saturated rings. The first-order valence-electron chi connectivity index (χ1n) is 7.24. The van der Waals surface area contributed by atoms with Crippen molar-refractivity contribution in [3.8, 4) is 11.3 Å². The maximum Gasteiger partial charge on any atom is 0.279 e. The van der Waals surface area contributed by atoms with Crippen LogP contribution < -0.4 is 5.32 Å². The van der Waals surface area contributed by atoms with Crippen LogP contribution in [-0.4, -0.2) is 16.0 Å². The number of thiazole rings is 1. The average molecular weight is 327 g/mol. The van der Waals surface area contributed by atoms with Gasteiger partial charge in [0.2, 0.25) is 0 Å². The molecule has 0 atom stereocenters. The van der Waals surface area contributed by atoms with E-state index in [0.29, 0.717) is 10.9 Å². The molecule has 0 saturated heterocycles. The van der Waals surface area contributed by atoms with Crippen LogP contribution in [0.3, 0.4) is 0 Å². The van der Waals surface area contributed by atoms with Crippen molar-refractivity contribution in [2.75, 3.05) is 5.32 Å². The maximum atomic E-state index is 12.2. The minimum atomic E-state index is -0.322. The second-order valence-corrected chi connectivity index (χ2v) is 6.69. The van der Waals surface area contributed by atoms with Crippen LogP contribution in [0.15, 0.2) is 28.8 Å². The van der Waals surface area contributed by atoms with Crippen LogP contribution in [0.25, 0.3) is 11.3 Å². The lowest BCUT2D eigenvalue weighted by molar-refractivity contribution is 0.101. The molecule has 23 heavy (non-hydrogen) atoms. The topological polar surface area (TPSA) is 68.0 Å². The largest absolute Gasteiger partial charge is 0.355 e. The minimum Gasteiger partial charge on any atom is -0.355 e. The number of amides is 1. The standard InChI is InChI=1S/C17H17N3O2S/c1-9-5-6-13(7-10(9)2)15-8-14(20-22-15)16(21)19-17-18-11(3)12(4)23-17/h5-8H,1-4H3,(H,18,19,21). The zero-order chi connectivity index (χ0) is 16.6. The molecule has 5 nitrogen and oxygen atoms in total. The van der Waals surface area contributed by atoms with Gasteiger partial charge in [0.15, 0.2) is 16.6 Å². The number of hydrogen-bond acceptors (Lipinski definition) is 5. The Bertz CT molecular complexity index is 860. The molecule has 3 rings (SSSR count). The van der Waals surface area contributed by atoms with E-state index in [1.807, 2.05) is 39.0 Å². The highest BCUT2D eigenvalue weighted by Gasteiger charge is 2.16. The molecule has 1 N–H and O–H groups in total. The van der Waals surface area contributed by atoms with Gasteiger partial charge in [0, 0.05) is 16.5 Å². The van der Waals surface area contributed by atoms with Gasteiger partial charge in [-0.1, -0.05) is 17.3 Å². The lowest BCUT2D eigenvalue weighted by Gasteiger charge is -2.01. The third-order valence-corrected chi connectivity index (χ3v) is 4.77. The van der Waals surface area contributed by atoms with Crippen molar-refractivity contribution in [2.24, 2.45) is 0 Å². The third kappa shape index (κ3) is 3.17. The van der Waals surface area contributed by atoms with Crippen molar-refractivity contribution in [3.05, 3.63) is 51.7 Å². The first kappa shape index (κ1) is 15.4. The average Bonchev–Trinajstić information content (AvgIpc) is 3.10. The van der Waals surface area contributed by atoms with E-state index in [2.05, 4.69) is 22.4 Å². The van der Waals surface area contributed by atoms with Gasteiger partial charge in [-0.3, -0.25) is 10.1 Å². The number of rotatable bonds is 3. The number of carbonyl (C=O) groups excluding carboxylic acids is 1. The second kappa shape index (κ2) is 5.96. The van der Waals surface area contributed by atoms with Crippen molar-refractivity contribution < 1.29 is 9.32 Å². The Hall–Kier alpha value is -2.47. The normalized spacial score (nSPS) is 10.8. The van der Waals surface area contributed by atoms with Gasteiger partial charge >= 0.3 is 0 Å². The zero-order valence-corrected chi connectivity index (χ0v) is 14.2. The van der Waals surface area contributed by atoms with Crippen molar-refractivity contribution in [1.29, 1.82) is 0 Å². The monoisotopic (exact) mass is 327 g/mol. The molecule has 0 aliphatic carbocycles. The van der Waals surface area contributed by atoms with Gasteiger partial charge in [-0.15, -0.1) is 11.3 Å². The Labute approximate surface area is 138 Å². The number of aryl methyl sites for hydroxylation is 4. The maximum absolute atomic E-state index is 12.2. The molecule has 3 aromatic rings. The van der Waals surface area contributed by atoms with Crippen LogP contribution in [0.2, 0.25) is 0 Å². The Morgan fingerprint density at radius 2 is 1.91 bits per heavy atom. The van der Waals surface area contributed by atoms with Crippen molar-refractivity contribution >= 4 is 22.4 Å². The summed E-state index contributed by atoms with van der Waals surface area (Å²) in [7, 11) is 0. The molecule has 0 saturated carbocycles. The number of carbonyl (C=O) groups is 1. The summed E-state index contributed by atoms with van der Waals surface area (Å²) in [4.78, 5) is 17.6. The smallest absolute Gasteiger partial charge is 0.279 e. The van der Waals surface area contributed by atoms with Gasteiger partial charge < -0.3 is 4.52 Å². The van der Waals surface area contributed by atoms with Crippen LogP contribution in [0.1, 0.15) is 32.2 Å². The molecule has 2 heterocycles. The molecular formula is C17H17N3O2S. The molecule has 118 valence electrons. The molecule has 1 amide bonds. The quantitative estimate of drug-likeness (QED) is 0.779. The number of anilines is 1. The molecule has 0 aliphatic heterocycles. The Morgan fingerprint density at radius 1 is 1.13 bits per heavy atom. The molecule has 0 radical (unpaired) electrons. The van der Waals surface area contributed by atoms with Crippen LogP contribution in [-0.2, 0) is 0 Å². The third-order valence-electron chi connectivity index (χ3n) is 3.78. The van der Waals surface area contributed by atoms with E-state index in [0.717, 1.165) is 16.1 Å². The summed E-state index contributed by atoms with van der Waals surface area (Å²) in [6.07, 6.45) is 0. The molecule has 0 bridgehead atoms. The summed E-state index contributed by atoms with van der Waals surface area (Å²) in [5.41, 5.74) is 4.44. The van der Waals surface area contributed by atoms with Gasteiger partial charge in [-0.05, 0) is 44.9 Å². The van der Waals surface area contributed by atoms with Gasteiger partial charge in [-0.2, -0.15) is 0 Å². The zero-order valence-electron chi connectivity index (χ0n) is 13.4. The number of nitrogens with zero attached hydrogens (tertiary/aromatic N) is 2. The summed E-state index contributed by atoms with van der Waals surface area (Å²) < 4.78 is 5.31. The fourth-order valence-electron chi connectivity index (χ4n) is 2.10. The lowest BCUT2D eigenvalue weighted by Crippen LogP contribution is -2.11. The fraction of sp³-hybridized carbons (Fsp3) is 0.235. The molecule has 0 aliphatic rings. The van der Waals surface area contributed by atoms with Crippen LogP contribution >= 0.6 is 11.3 Å². The summed E-state index contributed by atoms with van der Waals surface area (Å²) in [5.74, 6) is 0.252. The predicted octanol–water partition coefficient (Wildman–Crippen LogP) is 4.28. The van der Waals surface area contributed by atoms with Gasteiger partial charge in [0.25, 0.3) is 5.91 Å². The van der Waals surface area contributed by atoms with Crippen molar-refractivity contribution in [3.63, 3.8) is 0 Å². The van der Waals surface area contributed by atoms with Crippen LogP contribution in [0.5, 0.6) is 0 Å². The van der Waals surface area contributed by atoms with E-state index in [4.69, 9.17) is 4.52 Å². The summed E-state index contributed by atoms with van der Waals surface area (Å²) in [6, 6.07) is 7.64. The molecule has 1 aromatic carbocycles. The SMILES string of the molecule is Cc1ccc(-c2cc(C(=O)Nc3nc(C)c(C)s3)no2)cc1C. The molecule has 0 unspecified atom stereocenters. The molecule has 6 heteroatoms. The highest BCUT2D eigenvalue weighted by Crippen LogP contribution is 2.24. The van der Waals surface area contributed by atoms with E-state index in [-0.39, 0.29) is 11.6 Å². The van der Waals surface area contributed by atoms with E-state index in [1.165, 1.54) is 22.5 Å². The first-order chi connectivity index (χ1) is 10.9. The van der Waals surface area contributed by atoms with Crippen molar-refractivity contribution in [1.82, 2.24) is 10.1 Å². The Morgan fingerprint density at radius 3 is 2.57 bits per heavy atom. The summed E-state index contributed by atoms with van der Waals surface area (Å²) >= 11 is 1.44. The number of aromatic nitrogens is 2. The molecule has 0 spiro atoms. The van der Waals surface area contributed by atoms with Crippen LogP contribution in [0, 0.1) is 27.7 Å². The van der Waals surface area contributed by atoms with E-state index in [9.17, 15) is 4.79 Å². The first-order valence-corrected chi connectivity index (χ1v) is 8.05. The van der Waals surface area contributed by atoms with Crippen molar-refractivity contribution in [2.45, 2.75) is 27.7 Å². The fourth-order valence-corrected chi connectivity index (χ4v) is 2.91. The predicted molar refractivity (Wildman–Crippen MR) is 91.0 cm³/mol. The highest BCUT2D eigenvalue weighted by atomic mass is 32.1. The van der Waals surface area contributed by atoms with Gasteiger partial charge in [-0.25, -0.2) is 4.98 Å². The summed E-state index contributed by atoms with van der Waals surface area (Å²) in [6.45, 7) is 7.97. The molecular weight excluding hydrogens is 310 g/mol. The van der Waals surface area contributed by atoms with Crippen LogP contribution in [0.4, 0.5) is 5.13 Å². The Kier molecular flexibility index (Phi) is 4.00. The van der Waals surface area contributed by atoms with E-state index < -0.39 is 0 Å². The minimum absolute atomic E-state index is 0.240. The Balaban J connectivity index is 1.80. The van der Waals surface area contributed by atoms with Gasteiger partial charge in [0.05, 0.1) is 5.69 Å². The van der Waals surface area contributed by atoms with E-state index >= 15 is 0 Å². The van der Waals surface area contributed by atoms with Gasteiger partial charge in [0.1, 0.15) is 0 Å². The summed E-state index contributed by atoms with van der Waals surface area (Å²) in [5, 5.41) is 7.18. The molecule has 2 aromatic heterocycles. The number of benzene rings is 1.